The van der Waals surface area contributed by atoms with Gasteiger partial charge in [-0.25, -0.2) is 0 Å². The molecule has 7 heteroatoms. The van der Waals surface area contributed by atoms with E-state index in [1.165, 1.54) is 0 Å². The lowest BCUT2D eigenvalue weighted by Gasteiger charge is -2.44. The molecule has 0 bridgehead atoms. The van der Waals surface area contributed by atoms with Gasteiger partial charge < -0.3 is 18.3 Å². The molecule has 0 spiro atoms. The van der Waals surface area contributed by atoms with E-state index >= 15 is 0 Å². The van der Waals surface area contributed by atoms with E-state index in [-0.39, 0.29) is 33.6 Å². The molecule has 1 aliphatic rings. The van der Waals surface area contributed by atoms with Crippen molar-refractivity contribution in [3.8, 4) is 0 Å². The Morgan fingerprint density at radius 2 is 1.23 bits per heavy atom. The highest BCUT2D eigenvalue weighted by molar-refractivity contribution is 7.81. The molecule has 1 saturated heterocycles. The summed E-state index contributed by atoms with van der Waals surface area (Å²) in [6.07, 6.45) is -0.956. The fraction of sp³-hybridized carbons (Fsp3) is 1.00. The van der Waals surface area contributed by atoms with Gasteiger partial charge in [-0.1, -0.05) is 48.5 Å². The maximum Gasteiger partial charge on any atom is 0.192 e. The Kier molecular flexibility index (Phi) is 7.74. The third-order valence-corrected chi connectivity index (χ3v) is 15.6. The fourth-order valence-corrected chi connectivity index (χ4v) is 5.34. The first-order valence-electron chi connectivity index (χ1n) is 9.66. The van der Waals surface area contributed by atoms with Gasteiger partial charge in [0.2, 0.25) is 0 Å². The predicted octanol–water partition coefficient (Wildman–Crippen LogP) is 5.46. The maximum atomic E-state index is 6.82. The molecule has 0 unspecified atom stereocenters. The molecular formula is C19H42O4SSi2. The van der Waals surface area contributed by atoms with Crippen LogP contribution in [0.1, 0.15) is 48.5 Å². The Hall–Kier alpha value is 0.624. The van der Waals surface area contributed by atoms with Gasteiger partial charge in [-0.05, 0) is 36.3 Å². The summed E-state index contributed by atoms with van der Waals surface area (Å²) in [5.74, 6) is 0. The molecule has 4 nitrogen and oxygen atoms in total. The van der Waals surface area contributed by atoms with Crippen LogP contribution in [-0.2, 0) is 18.3 Å². The van der Waals surface area contributed by atoms with Gasteiger partial charge in [0.05, 0.1) is 6.10 Å². The van der Waals surface area contributed by atoms with Gasteiger partial charge in [0.15, 0.2) is 22.9 Å². The third-order valence-electron chi connectivity index (χ3n) is 6.39. The van der Waals surface area contributed by atoms with Crippen molar-refractivity contribution in [3.05, 3.63) is 0 Å². The van der Waals surface area contributed by atoms with Crippen molar-refractivity contribution >= 4 is 29.3 Å². The van der Waals surface area contributed by atoms with Crippen LogP contribution in [0.2, 0.25) is 36.3 Å². The molecule has 156 valence electrons. The van der Waals surface area contributed by atoms with Gasteiger partial charge in [0.1, 0.15) is 12.2 Å². The smallest absolute Gasteiger partial charge is 0.192 e. The summed E-state index contributed by atoms with van der Waals surface area (Å²) in [4.78, 5) is 0. The van der Waals surface area contributed by atoms with Crippen molar-refractivity contribution in [2.75, 3.05) is 7.11 Å². The molecule has 5 atom stereocenters. The summed E-state index contributed by atoms with van der Waals surface area (Å²) in [5, 5.41) is 0.261. The van der Waals surface area contributed by atoms with E-state index in [1.807, 2.05) is 0 Å². The zero-order valence-corrected chi connectivity index (χ0v) is 21.9. The highest BCUT2D eigenvalue weighted by atomic mass is 32.1. The highest BCUT2D eigenvalue weighted by Gasteiger charge is 2.54. The van der Waals surface area contributed by atoms with Gasteiger partial charge in [-0.3, -0.25) is 0 Å². The van der Waals surface area contributed by atoms with E-state index < -0.39 is 22.9 Å². The second kappa shape index (κ2) is 8.16. The van der Waals surface area contributed by atoms with Crippen LogP contribution in [0.3, 0.4) is 0 Å². The lowest BCUT2D eigenvalue weighted by molar-refractivity contribution is -0.144. The Morgan fingerprint density at radius 3 is 1.54 bits per heavy atom. The molecule has 1 fully saturated rings. The fourth-order valence-electron chi connectivity index (χ4n) is 2.52. The molecule has 0 aromatic carbocycles. The van der Waals surface area contributed by atoms with Gasteiger partial charge in [-0.2, -0.15) is 12.6 Å². The first-order chi connectivity index (χ1) is 11.4. The molecule has 0 aliphatic carbocycles. The van der Waals surface area contributed by atoms with Gasteiger partial charge in [0, 0.05) is 12.4 Å². The second-order valence-electron chi connectivity index (χ2n) is 10.6. The normalized spacial score (nSPS) is 29.9. The first kappa shape index (κ1) is 24.7. The molecule has 1 heterocycles. The summed E-state index contributed by atoms with van der Waals surface area (Å²) in [7, 11) is -2.32. The van der Waals surface area contributed by atoms with E-state index in [4.69, 9.17) is 18.3 Å². The molecule has 0 aromatic rings. The predicted molar refractivity (Wildman–Crippen MR) is 118 cm³/mol. The van der Waals surface area contributed by atoms with E-state index in [1.54, 1.807) is 7.11 Å². The van der Waals surface area contributed by atoms with Crippen LogP contribution >= 0.6 is 12.6 Å². The van der Waals surface area contributed by atoms with E-state index in [0.717, 1.165) is 0 Å². The summed E-state index contributed by atoms with van der Waals surface area (Å²) in [6.45, 7) is 24.6. The average Bonchev–Trinajstić information content (AvgIpc) is 2.73. The number of hydrogen-bond donors (Lipinski definition) is 1. The Bertz CT molecular complexity index is 469. The standard InChI is InChI=1S/C19H42O4SSi2/c1-13(24)14-15(22-25(9,10)18(2,3)4)16(17(20-8)21-14)23-26(11,12)19(5,6)7/h13-17,24H,1-12H3/t13-,14+,15+,16-,17-/m0/s1. The molecule has 1 aliphatic heterocycles. The summed E-state index contributed by atoms with van der Waals surface area (Å²) in [5.41, 5.74) is 0. The van der Waals surface area contributed by atoms with E-state index in [2.05, 4.69) is 87.3 Å². The molecule has 0 N–H and O–H groups in total. The minimum Gasteiger partial charge on any atom is -0.408 e. The molecule has 0 saturated carbocycles. The van der Waals surface area contributed by atoms with Crippen LogP contribution in [0.4, 0.5) is 0 Å². The SMILES string of the molecule is CO[C@H]1O[C@H]([C@H](C)S)[C@@H](O[Si](C)(C)C(C)(C)C)[C@@H]1O[Si](C)(C)C(C)(C)C. The third kappa shape index (κ3) is 5.36. The first-order valence-corrected chi connectivity index (χ1v) is 16.0. The van der Waals surface area contributed by atoms with Crippen LogP contribution in [0.25, 0.3) is 0 Å². The van der Waals surface area contributed by atoms with Crippen LogP contribution in [0.5, 0.6) is 0 Å². The zero-order chi connectivity index (χ0) is 20.7. The van der Waals surface area contributed by atoms with Crippen molar-refractivity contribution in [1.82, 2.24) is 0 Å². The number of hydrogen-bond acceptors (Lipinski definition) is 5. The van der Waals surface area contributed by atoms with Crippen molar-refractivity contribution in [2.45, 2.75) is 115 Å². The molecule has 0 radical (unpaired) electrons. The number of ether oxygens (including phenoxy) is 2. The highest BCUT2D eigenvalue weighted by Crippen LogP contribution is 2.44. The lowest BCUT2D eigenvalue weighted by Crippen LogP contribution is -2.54. The average molecular weight is 423 g/mol. The van der Waals surface area contributed by atoms with Crippen LogP contribution < -0.4 is 0 Å². The molecule has 26 heavy (non-hydrogen) atoms. The van der Waals surface area contributed by atoms with E-state index in [0.29, 0.717) is 0 Å². The number of methoxy groups -OCH3 is 1. The van der Waals surface area contributed by atoms with Crippen LogP contribution in [0, 0.1) is 0 Å². The summed E-state index contributed by atoms with van der Waals surface area (Å²) in [6, 6.07) is 0. The van der Waals surface area contributed by atoms with Gasteiger partial charge in [0.25, 0.3) is 0 Å². The van der Waals surface area contributed by atoms with Crippen LogP contribution in [-0.4, -0.2) is 53.6 Å². The van der Waals surface area contributed by atoms with Gasteiger partial charge >= 0.3 is 0 Å². The van der Waals surface area contributed by atoms with Crippen molar-refractivity contribution in [1.29, 1.82) is 0 Å². The molecular weight excluding hydrogens is 380 g/mol. The Labute approximate surface area is 169 Å². The number of rotatable bonds is 6. The Balaban J connectivity index is 3.24. The quantitative estimate of drug-likeness (QED) is 0.456. The minimum atomic E-state index is -2.00. The Morgan fingerprint density at radius 1 is 0.846 bits per heavy atom. The zero-order valence-electron chi connectivity index (χ0n) is 19.0. The summed E-state index contributed by atoms with van der Waals surface area (Å²) >= 11 is 4.67. The van der Waals surface area contributed by atoms with Crippen molar-refractivity contribution < 1.29 is 18.3 Å². The van der Waals surface area contributed by atoms with Crippen molar-refractivity contribution in [3.63, 3.8) is 0 Å². The lowest BCUT2D eigenvalue weighted by atomic mass is 10.1. The molecule has 1 rings (SSSR count). The van der Waals surface area contributed by atoms with E-state index in [9.17, 15) is 0 Å². The maximum absolute atomic E-state index is 6.82. The second-order valence-corrected chi connectivity index (χ2v) is 21.0. The monoisotopic (exact) mass is 422 g/mol. The summed E-state index contributed by atoms with van der Waals surface area (Å²) < 4.78 is 25.5. The molecule has 0 amide bonds. The van der Waals surface area contributed by atoms with Gasteiger partial charge in [-0.15, -0.1) is 0 Å². The van der Waals surface area contributed by atoms with Crippen LogP contribution in [0.15, 0.2) is 0 Å². The minimum absolute atomic E-state index is 0.0374. The van der Waals surface area contributed by atoms with Crippen molar-refractivity contribution in [2.24, 2.45) is 0 Å². The number of thiol groups is 1. The largest absolute Gasteiger partial charge is 0.408 e. The molecule has 0 aromatic heterocycles. The topological polar surface area (TPSA) is 36.9 Å².